The van der Waals surface area contributed by atoms with Crippen LogP contribution in [0.4, 0.5) is 0 Å². The van der Waals surface area contributed by atoms with Gasteiger partial charge in [0.05, 0.1) is 12.1 Å². The van der Waals surface area contributed by atoms with Crippen molar-refractivity contribution in [3.05, 3.63) is 46.8 Å². The van der Waals surface area contributed by atoms with Crippen LogP contribution in [0.5, 0.6) is 0 Å². The van der Waals surface area contributed by atoms with Crippen LogP contribution in [0.3, 0.4) is 0 Å². The van der Waals surface area contributed by atoms with Crippen molar-refractivity contribution in [2.45, 2.75) is 11.3 Å². The fourth-order valence-corrected chi connectivity index (χ4v) is 3.14. The van der Waals surface area contributed by atoms with Gasteiger partial charge in [-0.25, -0.2) is 4.98 Å². The van der Waals surface area contributed by atoms with E-state index in [0.717, 1.165) is 16.0 Å². The van der Waals surface area contributed by atoms with E-state index < -0.39 is 5.97 Å². The number of aromatic nitrogens is 1. The molecule has 3 aromatic rings. The second-order valence-electron chi connectivity index (χ2n) is 4.61. The van der Waals surface area contributed by atoms with Crippen LogP contribution in [0.1, 0.15) is 5.69 Å². The van der Waals surface area contributed by atoms with Crippen molar-refractivity contribution in [2.24, 2.45) is 0 Å². The predicted molar refractivity (Wildman–Crippen MR) is 88.4 cm³/mol. The zero-order chi connectivity index (χ0) is 15.5. The first-order valence-corrected chi connectivity index (χ1v) is 8.72. The van der Waals surface area contributed by atoms with Gasteiger partial charge in [0.15, 0.2) is 5.76 Å². The number of carbonyl (C=O) groups is 1. The molecule has 0 fully saturated rings. The van der Waals surface area contributed by atoms with Crippen LogP contribution in [-0.4, -0.2) is 22.3 Å². The van der Waals surface area contributed by atoms with Gasteiger partial charge in [0, 0.05) is 21.4 Å². The average Bonchev–Trinajstić information content (AvgIpc) is 3.16. The minimum Gasteiger partial charge on any atom is -0.481 e. The quantitative estimate of drug-likeness (QED) is 0.701. The molecule has 0 saturated heterocycles. The highest BCUT2D eigenvalue weighted by molar-refractivity contribution is 7.98. The van der Waals surface area contributed by atoms with Gasteiger partial charge >= 0.3 is 5.97 Å². The third-order valence-electron chi connectivity index (χ3n) is 3.14. The monoisotopic (exact) mass is 331 g/mol. The van der Waals surface area contributed by atoms with Crippen LogP contribution in [0.25, 0.3) is 22.8 Å². The third kappa shape index (κ3) is 3.08. The standard InChI is InChI=1S/C16H13NO3S2/c1-21-12-4-2-10(3-5-12)16-17-13(8-14(18)19)15(20-16)11-6-7-22-9-11/h2-7,9H,8H2,1H3,(H,18,19). The first-order chi connectivity index (χ1) is 10.7. The Labute approximate surface area is 135 Å². The molecule has 1 aromatic carbocycles. The molecule has 1 N–H and O–H groups in total. The van der Waals surface area contributed by atoms with Gasteiger partial charge < -0.3 is 9.52 Å². The summed E-state index contributed by atoms with van der Waals surface area (Å²) in [6.07, 6.45) is 1.86. The molecule has 0 aliphatic carbocycles. The molecule has 0 unspecified atom stereocenters. The maximum absolute atomic E-state index is 11.0. The second kappa shape index (κ2) is 6.37. The number of thiophene rings is 1. The fraction of sp³-hybridized carbons (Fsp3) is 0.125. The maximum Gasteiger partial charge on any atom is 0.309 e. The smallest absolute Gasteiger partial charge is 0.309 e. The summed E-state index contributed by atoms with van der Waals surface area (Å²) in [4.78, 5) is 16.6. The van der Waals surface area contributed by atoms with E-state index in [1.54, 1.807) is 11.8 Å². The Hall–Kier alpha value is -2.05. The zero-order valence-electron chi connectivity index (χ0n) is 11.8. The molecular weight excluding hydrogens is 318 g/mol. The lowest BCUT2D eigenvalue weighted by molar-refractivity contribution is -0.136. The van der Waals surface area contributed by atoms with Crippen LogP contribution in [0.2, 0.25) is 0 Å². The van der Waals surface area contributed by atoms with Crippen molar-refractivity contribution in [2.75, 3.05) is 6.26 Å². The second-order valence-corrected chi connectivity index (χ2v) is 6.27. The van der Waals surface area contributed by atoms with Gasteiger partial charge in [0.1, 0.15) is 0 Å². The Morgan fingerprint density at radius 3 is 2.64 bits per heavy atom. The van der Waals surface area contributed by atoms with Crippen molar-refractivity contribution >= 4 is 29.1 Å². The van der Waals surface area contributed by atoms with E-state index in [9.17, 15) is 4.79 Å². The molecule has 6 heteroatoms. The van der Waals surface area contributed by atoms with Crippen LogP contribution in [0.15, 0.2) is 50.4 Å². The summed E-state index contributed by atoms with van der Waals surface area (Å²) in [5, 5.41) is 12.9. The number of hydrogen-bond donors (Lipinski definition) is 1. The summed E-state index contributed by atoms with van der Waals surface area (Å²) in [6, 6.07) is 9.74. The molecule has 0 spiro atoms. The lowest BCUT2D eigenvalue weighted by Crippen LogP contribution is -2.01. The molecule has 0 amide bonds. The van der Waals surface area contributed by atoms with Crippen molar-refractivity contribution < 1.29 is 14.3 Å². The number of oxazole rings is 1. The highest BCUT2D eigenvalue weighted by Crippen LogP contribution is 2.32. The number of rotatable bonds is 5. The summed E-state index contributed by atoms with van der Waals surface area (Å²) in [7, 11) is 0. The molecule has 0 saturated carbocycles. The van der Waals surface area contributed by atoms with Gasteiger partial charge in [-0.2, -0.15) is 11.3 Å². The number of hydrogen-bond acceptors (Lipinski definition) is 5. The van der Waals surface area contributed by atoms with Gasteiger partial charge in [-0.3, -0.25) is 4.79 Å². The Morgan fingerprint density at radius 2 is 2.05 bits per heavy atom. The van der Waals surface area contributed by atoms with E-state index >= 15 is 0 Å². The highest BCUT2D eigenvalue weighted by Gasteiger charge is 2.18. The molecular formula is C16H13NO3S2. The van der Waals surface area contributed by atoms with Gasteiger partial charge in [-0.15, -0.1) is 11.8 Å². The zero-order valence-corrected chi connectivity index (χ0v) is 13.4. The van der Waals surface area contributed by atoms with Gasteiger partial charge in [-0.05, 0) is 42.0 Å². The molecule has 0 atom stereocenters. The van der Waals surface area contributed by atoms with Crippen LogP contribution in [-0.2, 0) is 11.2 Å². The number of thioether (sulfide) groups is 1. The molecule has 3 rings (SSSR count). The summed E-state index contributed by atoms with van der Waals surface area (Å²) in [5.74, 6) is 0.0618. The van der Waals surface area contributed by atoms with Crippen LogP contribution >= 0.6 is 23.1 Å². The van der Waals surface area contributed by atoms with E-state index in [2.05, 4.69) is 4.98 Å². The molecule has 0 aliphatic heterocycles. The number of aliphatic carboxylic acids is 1. The Bertz CT molecular complexity index is 776. The molecule has 0 aliphatic rings. The first kappa shape index (κ1) is 14.9. The molecule has 112 valence electrons. The summed E-state index contributed by atoms with van der Waals surface area (Å²) < 4.78 is 5.85. The van der Waals surface area contributed by atoms with Crippen molar-refractivity contribution in [3.8, 4) is 22.8 Å². The highest BCUT2D eigenvalue weighted by atomic mass is 32.2. The van der Waals surface area contributed by atoms with E-state index in [4.69, 9.17) is 9.52 Å². The van der Waals surface area contributed by atoms with Crippen molar-refractivity contribution in [3.63, 3.8) is 0 Å². The van der Waals surface area contributed by atoms with Crippen LogP contribution in [0, 0.1) is 0 Å². The fourth-order valence-electron chi connectivity index (χ4n) is 2.09. The van der Waals surface area contributed by atoms with Gasteiger partial charge in [0.25, 0.3) is 0 Å². The molecule has 0 bridgehead atoms. The first-order valence-electron chi connectivity index (χ1n) is 6.56. The Kier molecular flexibility index (Phi) is 4.31. The lowest BCUT2D eigenvalue weighted by atomic mass is 10.2. The molecule has 2 aromatic heterocycles. The summed E-state index contributed by atoms with van der Waals surface area (Å²) >= 11 is 3.19. The van der Waals surface area contributed by atoms with E-state index in [-0.39, 0.29) is 6.42 Å². The SMILES string of the molecule is CSc1ccc(-c2nc(CC(=O)O)c(-c3ccsc3)o2)cc1. The largest absolute Gasteiger partial charge is 0.481 e. The maximum atomic E-state index is 11.0. The number of benzene rings is 1. The third-order valence-corrected chi connectivity index (χ3v) is 4.56. The lowest BCUT2D eigenvalue weighted by Gasteiger charge is -1.98. The average molecular weight is 331 g/mol. The van der Waals surface area contributed by atoms with Crippen molar-refractivity contribution in [1.82, 2.24) is 4.98 Å². The summed E-state index contributed by atoms with van der Waals surface area (Å²) in [6.45, 7) is 0. The molecule has 22 heavy (non-hydrogen) atoms. The summed E-state index contributed by atoms with van der Waals surface area (Å²) in [5.41, 5.74) is 2.15. The van der Waals surface area contributed by atoms with E-state index in [1.165, 1.54) is 11.3 Å². The van der Waals surface area contributed by atoms with E-state index in [0.29, 0.717) is 17.3 Å². The van der Waals surface area contributed by atoms with E-state index in [1.807, 2.05) is 47.3 Å². The minimum absolute atomic E-state index is 0.155. The number of carboxylic acids is 1. The predicted octanol–water partition coefficient (Wildman–Crippen LogP) is 4.42. The minimum atomic E-state index is -0.922. The topological polar surface area (TPSA) is 63.3 Å². The molecule has 2 heterocycles. The normalized spacial score (nSPS) is 10.8. The Balaban J connectivity index is 2.03. The number of carboxylic acid groups (broad SMARTS) is 1. The number of nitrogens with zero attached hydrogens (tertiary/aromatic N) is 1. The van der Waals surface area contributed by atoms with Crippen molar-refractivity contribution in [1.29, 1.82) is 0 Å². The van der Waals surface area contributed by atoms with Gasteiger partial charge in [0.2, 0.25) is 5.89 Å². The molecule has 4 nitrogen and oxygen atoms in total. The molecule has 0 radical (unpaired) electrons. The Morgan fingerprint density at radius 1 is 1.27 bits per heavy atom. The van der Waals surface area contributed by atoms with Crippen LogP contribution < -0.4 is 0 Å². The van der Waals surface area contributed by atoms with Gasteiger partial charge in [-0.1, -0.05) is 0 Å².